The normalized spacial score (nSPS) is 12.4. The molecule has 20 heavy (non-hydrogen) atoms. The van der Waals surface area contributed by atoms with Crippen molar-refractivity contribution >= 4 is 0 Å². The van der Waals surface area contributed by atoms with Gasteiger partial charge in [0.05, 0.1) is 13.2 Å². The molecular formula is C17H22N2O. The fourth-order valence-electron chi connectivity index (χ4n) is 2.61. The summed E-state index contributed by atoms with van der Waals surface area (Å²) >= 11 is 0. The Morgan fingerprint density at radius 2 is 1.85 bits per heavy atom. The second-order valence-electron chi connectivity index (χ2n) is 4.65. The number of hydrogen-bond donors (Lipinski definition) is 0. The molecule has 0 bridgehead atoms. The first-order valence-corrected chi connectivity index (χ1v) is 7.08. The van der Waals surface area contributed by atoms with Crippen molar-refractivity contribution in [2.24, 2.45) is 0 Å². The van der Waals surface area contributed by atoms with Crippen LogP contribution in [-0.4, -0.2) is 30.1 Å². The number of para-hydroxylation sites is 1. The molecule has 0 aliphatic rings. The first-order valence-electron chi connectivity index (χ1n) is 7.08. The third-order valence-corrected chi connectivity index (χ3v) is 3.61. The third-order valence-electron chi connectivity index (χ3n) is 3.61. The lowest BCUT2D eigenvalue weighted by Crippen LogP contribution is -2.29. The number of methoxy groups -OCH3 is 1. The molecule has 1 heterocycles. The van der Waals surface area contributed by atoms with E-state index in [1.807, 2.05) is 30.6 Å². The van der Waals surface area contributed by atoms with Crippen LogP contribution in [0.3, 0.4) is 0 Å². The van der Waals surface area contributed by atoms with Crippen molar-refractivity contribution in [1.29, 1.82) is 0 Å². The number of rotatable bonds is 6. The minimum atomic E-state index is 0.176. The van der Waals surface area contributed by atoms with Gasteiger partial charge < -0.3 is 4.74 Å². The lowest BCUT2D eigenvalue weighted by Gasteiger charge is -2.31. The van der Waals surface area contributed by atoms with Gasteiger partial charge in [0, 0.05) is 18.0 Å². The highest BCUT2D eigenvalue weighted by Gasteiger charge is 2.23. The molecule has 3 heteroatoms. The molecule has 0 aliphatic heterocycles. The average molecular weight is 270 g/mol. The van der Waals surface area contributed by atoms with Crippen LogP contribution in [-0.2, 0) is 0 Å². The first-order chi connectivity index (χ1) is 9.81. The fourth-order valence-corrected chi connectivity index (χ4v) is 2.61. The van der Waals surface area contributed by atoms with E-state index in [1.54, 1.807) is 7.11 Å². The van der Waals surface area contributed by atoms with E-state index in [0.717, 1.165) is 18.8 Å². The van der Waals surface area contributed by atoms with Crippen molar-refractivity contribution in [2.75, 3.05) is 20.2 Å². The first kappa shape index (κ1) is 14.5. The molecule has 0 saturated carbocycles. The highest BCUT2D eigenvalue weighted by Crippen LogP contribution is 2.33. The van der Waals surface area contributed by atoms with Crippen LogP contribution in [0.25, 0.3) is 0 Å². The van der Waals surface area contributed by atoms with Gasteiger partial charge in [-0.25, -0.2) is 0 Å². The van der Waals surface area contributed by atoms with Crippen LogP contribution in [0.15, 0.2) is 48.8 Å². The SMILES string of the molecule is CCN(CC)C(c1cccnc1)c1ccccc1OC. The Balaban J connectivity index is 2.51. The van der Waals surface area contributed by atoms with Crippen LogP contribution in [0.5, 0.6) is 5.75 Å². The molecule has 3 nitrogen and oxygen atoms in total. The molecule has 0 N–H and O–H groups in total. The highest BCUT2D eigenvalue weighted by atomic mass is 16.5. The van der Waals surface area contributed by atoms with Crippen LogP contribution >= 0.6 is 0 Å². The summed E-state index contributed by atoms with van der Waals surface area (Å²) in [4.78, 5) is 6.68. The van der Waals surface area contributed by atoms with Crippen LogP contribution < -0.4 is 4.74 Å². The zero-order chi connectivity index (χ0) is 14.4. The Morgan fingerprint density at radius 1 is 1.10 bits per heavy atom. The summed E-state index contributed by atoms with van der Waals surface area (Å²) in [6, 6.07) is 12.5. The quantitative estimate of drug-likeness (QED) is 0.803. The van der Waals surface area contributed by atoms with E-state index >= 15 is 0 Å². The molecule has 0 radical (unpaired) electrons. The molecule has 0 fully saturated rings. The van der Waals surface area contributed by atoms with Gasteiger partial charge in [0.15, 0.2) is 0 Å². The molecule has 2 rings (SSSR count). The van der Waals surface area contributed by atoms with Crippen LogP contribution in [0.4, 0.5) is 0 Å². The summed E-state index contributed by atoms with van der Waals surface area (Å²) in [6.45, 7) is 6.33. The Labute approximate surface area is 121 Å². The zero-order valence-electron chi connectivity index (χ0n) is 12.4. The molecule has 0 saturated heterocycles. The molecule has 2 aromatic rings. The van der Waals surface area contributed by atoms with Crippen molar-refractivity contribution < 1.29 is 4.74 Å². The van der Waals surface area contributed by atoms with Gasteiger partial charge in [0.2, 0.25) is 0 Å². The van der Waals surface area contributed by atoms with E-state index in [2.05, 4.69) is 41.9 Å². The standard InChI is InChI=1S/C17H22N2O/c1-4-19(5-2)17(14-9-8-12-18-13-14)15-10-6-7-11-16(15)20-3/h6-13,17H,4-5H2,1-3H3. The van der Waals surface area contributed by atoms with Crippen molar-refractivity contribution in [3.63, 3.8) is 0 Å². The second-order valence-corrected chi connectivity index (χ2v) is 4.65. The van der Waals surface area contributed by atoms with Crippen molar-refractivity contribution in [3.8, 4) is 5.75 Å². The summed E-state index contributed by atoms with van der Waals surface area (Å²) in [5.74, 6) is 0.924. The van der Waals surface area contributed by atoms with Crippen molar-refractivity contribution in [3.05, 3.63) is 59.9 Å². The van der Waals surface area contributed by atoms with E-state index in [9.17, 15) is 0 Å². The maximum Gasteiger partial charge on any atom is 0.123 e. The predicted molar refractivity (Wildman–Crippen MR) is 82.0 cm³/mol. The smallest absolute Gasteiger partial charge is 0.123 e. The minimum Gasteiger partial charge on any atom is -0.496 e. The summed E-state index contributed by atoms with van der Waals surface area (Å²) in [7, 11) is 1.72. The van der Waals surface area contributed by atoms with Gasteiger partial charge in [-0.3, -0.25) is 9.88 Å². The number of ether oxygens (including phenoxy) is 1. The van der Waals surface area contributed by atoms with Crippen LogP contribution in [0.1, 0.15) is 31.0 Å². The number of hydrogen-bond acceptors (Lipinski definition) is 3. The van der Waals surface area contributed by atoms with E-state index < -0.39 is 0 Å². The van der Waals surface area contributed by atoms with E-state index in [4.69, 9.17) is 4.74 Å². The monoisotopic (exact) mass is 270 g/mol. The number of nitrogens with zero attached hydrogens (tertiary/aromatic N) is 2. The maximum atomic E-state index is 5.54. The van der Waals surface area contributed by atoms with E-state index in [-0.39, 0.29) is 6.04 Å². The Bertz CT molecular complexity index is 524. The van der Waals surface area contributed by atoms with Gasteiger partial charge in [-0.05, 0) is 30.8 Å². The molecule has 0 amide bonds. The van der Waals surface area contributed by atoms with Crippen molar-refractivity contribution in [2.45, 2.75) is 19.9 Å². The Kier molecular flexibility index (Phi) is 5.13. The molecule has 1 aromatic carbocycles. The summed E-state index contributed by atoms with van der Waals surface area (Å²) < 4.78 is 5.54. The fraction of sp³-hybridized carbons (Fsp3) is 0.353. The third kappa shape index (κ3) is 2.99. The topological polar surface area (TPSA) is 25.4 Å². The molecule has 106 valence electrons. The number of pyridine rings is 1. The van der Waals surface area contributed by atoms with E-state index in [0.29, 0.717) is 0 Å². The average Bonchev–Trinajstić information content (AvgIpc) is 2.53. The van der Waals surface area contributed by atoms with Gasteiger partial charge in [-0.15, -0.1) is 0 Å². The van der Waals surface area contributed by atoms with Crippen LogP contribution in [0.2, 0.25) is 0 Å². The van der Waals surface area contributed by atoms with Gasteiger partial charge in [0.1, 0.15) is 5.75 Å². The molecular weight excluding hydrogens is 248 g/mol. The summed E-state index contributed by atoms with van der Waals surface area (Å²) in [6.07, 6.45) is 3.75. The van der Waals surface area contributed by atoms with E-state index in [1.165, 1.54) is 11.1 Å². The Hall–Kier alpha value is -1.87. The second kappa shape index (κ2) is 7.06. The molecule has 1 unspecified atom stereocenters. The molecule has 0 aliphatic carbocycles. The summed E-state index contributed by atoms with van der Waals surface area (Å²) in [5, 5.41) is 0. The van der Waals surface area contributed by atoms with Gasteiger partial charge in [-0.1, -0.05) is 38.1 Å². The van der Waals surface area contributed by atoms with Gasteiger partial charge in [-0.2, -0.15) is 0 Å². The number of aromatic nitrogens is 1. The molecule has 1 aromatic heterocycles. The molecule has 0 spiro atoms. The zero-order valence-corrected chi connectivity index (χ0v) is 12.4. The lowest BCUT2D eigenvalue weighted by molar-refractivity contribution is 0.245. The predicted octanol–water partition coefficient (Wildman–Crippen LogP) is 3.52. The summed E-state index contributed by atoms with van der Waals surface area (Å²) in [5.41, 5.74) is 2.38. The highest BCUT2D eigenvalue weighted by molar-refractivity contribution is 5.41. The maximum absolute atomic E-state index is 5.54. The van der Waals surface area contributed by atoms with Gasteiger partial charge >= 0.3 is 0 Å². The van der Waals surface area contributed by atoms with Gasteiger partial charge in [0.25, 0.3) is 0 Å². The lowest BCUT2D eigenvalue weighted by atomic mass is 9.97. The number of benzene rings is 1. The Morgan fingerprint density at radius 3 is 2.45 bits per heavy atom. The largest absolute Gasteiger partial charge is 0.496 e. The van der Waals surface area contributed by atoms with Crippen molar-refractivity contribution in [1.82, 2.24) is 9.88 Å². The van der Waals surface area contributed by atoms with Crippen LogP contribution in [0, 0.1) is 0 Å². The molecule has 1 atom stereocenters. The minimum absolute atomic E-state index is 0.176.